The highest BCUT2D eigenvalue weighted by Crippen LogP contribution is 2.32. The molecule has 1 N–H and O–H groups in total. The molecule has 2 heterocycles. The van der Waals surface area contributed by atoms with Gasteiger partial charge in [0.2, 0.25) is 0 Å². The second-order valence-electron chi connectivity index (χ2n) is 5.36. The normalized spacial score (nSPS) is 17.2. The Bertz CT molecular complexity index is 669. The van der Waals surface area contributed by atoms with Gasteiger partial charge in [-0.1, -0.05) is 18.2 Å². The third kappa shape index (κ3) is 2.37. The number of fused-ring (bicyclic) bond motifs is 1. The van der Waals surface area contributed by atoms with Crippen LogP contribution in [0.2, 0.25) is 0 Å². The average molecular weight is 281 g/mol. The fraction of sp³-hybridized carbons (Fsp3) is 0.294. The maximum atomic E-state index is 13.0. The molecule has 4 nitrogen and oxygen atoms in total. The van der Waals surface area contributed by atoms with E-state index < -0.39 is 0 Å². The summed E-state index contributed by atoms with van der Waals surface area (Å²) < 4.78 is 0. The van der Waals surface area contributed by atoms with E-state index in [0.717, 1.165) is 24.2 Å². The number of carbonyl (C=O) groups is 1. The number of hydrogen-bond donors (Lipinski definition) is 1. The molecule has 3 rings (SSSR count). The Balaban J connectivity index is 2.05. The van der Waals surface area contributed by atoms with Gasteiger partial charge in [-0.05, 0) is 37.5 Å². The molecule has 1 unspecified atom stereocenters. The number of para-hydroxylation sites is 1. The summed E-state index contributed by atoms with van der Waals surface area (Å²) in [5.74, 6) is 0.00657. The van der Waals surface area contributed by atoms with Crippen LogP contribution in [0, 0.1) is 0 Å². The standard InChI is InChI=1S/C17H19N3O/c1-12-7-8-13-5-3-4-6-16(13)20(12)17(21)14-11-19-10-9-15(14)18-2/h3-6,9-12H,7-8H2,1-2H3,(H,18,19). The maximum absolute atomic E-state index is 13.0. The molecule has 0 fully saturated rings. The van der Waals surface area contributed by atoms with E-state index in [2.05, 4.69) is 23.3 Å². The van der Waals surface area contributed by atoms with Crippen molar-refractivity contribution < 1.29 is 4.79 Å². The molecule has 0 saturated heterocycles. The summed E-state index contributed by atoms with van der Waals surface area (Å²) >= 11 is 0. The van der Waals surface area contributed by atoms with E-state index >= 15 is 0 Å². The van der Waals surface area contributed by atoms with Crippen LogP contribution < -0.4 is 10.2 Å². The predicted octanol–water partition coefficient (Wildman–Crippen LogP) is 3.10. The van der Waals surface area contributed by atoms with E-state index in [4.69, 9.17) is 0 Å². The van der Waals surface area contributed by atoms with Crippen molar-refractivity contribution in [3.63, 3.8) is 0 Å². The van der Waals surface area contributed by atoms with Crippen LogP contribution in [0.4, 0.5) is 11.4 Å². The van der Waals surface area contributed by atoms with Gasteiger partial charge >= 0.3 is 0 Å². The lowest BCUT2D eigenvalue weighted by molar-refractivity contribution is 0.0975. The van der Waals surface area contributed by atoms with Gasteiger partial charge in [-0.25, -0.2) is 0 Å². The summed E-state index contributed by atoms with van der Waals surface area (Å²) in [7, 11) is 1.82. The van der Waals surface area contributed by atoms with E-state index in [1.165, 1.54) is 5.56 Å². The average Bonchev–Trinajstić information content (AvgIpc) is 2.54. The Morgan fingerprint density at radius 2 is 2.14 bits per heavy atom. The molecule has 4 heteroatoms. The molecule has 0 bridgehead atoms. The van der Waals surface area contributed by atoms with Crippen LogP contribution >= 0.6 is 0 Å². The first-order valence-electron chi connectivity index (χ1n) is 7.25. The number of amides is 1. The lowest BCUT2D eigenvalue weighted by atomic mass is 9.96. The van der Waals surface area contributed by atoms with Crippen molar-refractivity contribution in [2.75, 3.05) is 17.3 Å². The van der Waals surface area contributed by atoms with Gasteiger partial charge in [-0.3, -0.25) is 9.78 Å². The van der Waals surface area contributed by atoms with Crippen molar-refractivity contribution in [2.45, 2.75) is 25.8 Å². The second-order valence-corrected chi connectivity index (χ2v) is 5.36. The first-order valence-corrected chi connectivity index (χ1v) is 7.25. The highest BCUT2D eigenvalue weighted by Gasteiger charge is 2.29. The summed E-state index contributed by atoms with van der Waals surface area (Å²) in [6, 6.07) is 10.2. The first kappa shape index (κ1) is 13.6. The molecule has 0 radical (unpaired) electrons. The van der Waals surface area contributed by atoms with Gasteiger partial charge in [0.05, 0.1) is 5.56 Å². The molecule has 1 aliphatic heterocycles. The van der Waals surface area contributed by atoms with Gasteiger partial charge in [0.15, 0.2) is 0 Å². The summed E-state index contributed by atoms with van der Waals surface area (Å²) in [6.07, 6.45) is 5.33. The zero-order valence-electron chi connectivity index (χ0n) is 12.3. The van der Waals surface area contributed by atoms with E-state index in [-0.39, 0.29) is 11.9 Å². The van der Waals surface area contributed by atoms with Gasteiger partial charge in [0, 0.05) is 36.9 Å². The van der Waals surface area contributed by atoms with E-state index in [1.54, 1.807) is 12.4 Å². The molecule has 108 valence electrons. The van der Waals surface area contributed by atoms with E-state index in [0.29, 0.717) is 5.56 Å². The van der Waals surface area contributed by atoms with E-state index in [9.17, 15) is 4.79 Å². The lowest BCUT2D eigenvalue weighted by Crippen LogP contribution is -2.42. The first-order chi connectivity index (χ1) is 10.2. The molecule has 1 amide bonds. The summed E-state index contributed by atoms with van der Waals surface area (Å²) in [5, 5.41) is 3.07. The number of aryl methyl sites for hydroxylation is 1. The van der Waals surface area contributed by atoms with Gasteiger partial charge in [0.25, 0.3) is 5.91 Å². The fourth-order valence-electron chi connectivity index (χ4n) is 2.91. The molecular formula is C17H19N3O. The molecule has 21 heavy (non-hydrogen) atoms. The molecule has 2 aromatic rings. The molecule has 0 aliphatic carbocycles. The monoisotopic (exact) mass is 281 g/mol. The maximum Gasteiger partial charge on any atom is 0.262 e. The number of pyridine rings is 1. The lowest BCUT2D eigenvalue weighted by Gasteiger charge is -2.35. The van der Waals surface area contributed by atoms with Crippen LogP contribution in [0.25, 0.3) is 0 Å². The van der Waals surface area contributed by atoms with Crippen molar-refractivity contribution in [2.24, 2.45) is 0 Å². The van der Waals surface area contributed by atoms with Gasteiger partial charge in [0.1, 0.15) is 0 Å². The Labute approximate surface area is 124 Å². The fourth-order valence-corrected chi connectivity index (χ4v) is 2.91. The topological polar surface area (TPSA) is 45.2 Å². The molecule has 0 saturated carbocycles. The largest absolute Gasteiger partial charge is 0.387 e. The van der Waals surface area contributed by atoms with Crippen molar-refractivity contribution in [3.05, 3.63) is 53.9 Å². The number of hydrogen-bond acceptors (Lipinski definition) is 3. The van der Waals surface area contributed by atoms with Gasteiger partial charge in [-0.2, -0.15) is 0 Å². The number of nitrogens with zero attached hydrogens (tertiary/aromatic N) is 2. The van der Waals surface area contributed by atoms with Crippen LogP contribution in [0.1, 0.15) is 29.3 Å². The Hall–Kier alpha value is -2.36. The zero-order valence-corrected chi connectivity index (χ0v) is 12.3. The van der Waals surface area contributed by atoms with Gasteiger partial charge in [-0.15, -0.1) is 0 Å². The number of anilines is 2. The second kappa shape index (κ2) is 5.56. The summed E-state index contributed by atoms with van der Waals surface area (Å²) in [5.41, 5.74) is 3.68. The van der Waals surface area contributed by atoms with Crippen LogP contribution in [-0.4, -0.2) is 24.0 Å². The van der Waals surface area contributed by atoms with Crippen molar-refractivity contribution in [3.8, 4) is 0 Å². The molecule has 1 aromatic carbocycles. The number of carbonyl (C=O) groups excluding carboxylic acids is 1. The highest BCUT2D eigenvalue weighted by molar-refractivity contribution is 6.10. The van der Waals surface area contributed by atoms with Crippen molar-refractivity contribution in [1.29, 1.82) is 0 Å². The predicted molar refractivity (Wildman–Crippen MR) is 84.8 cm³/mol. The summed E-state index contributed by atoms with van der Waals surface area (Å²) in [4.78, 5) is 19.0. The summed E-state index contributed by atoms with van der Waals surface area (Å²) in [6.45, 7) is 2.10. The number of benzene rings is 1. The molecule has 1 aliphatic rings. The van der Waals surface area contributed by atoms with Crippen molar-refractivity contribution >= 4 is 17.3 Å². The Kier molecular flexibility index (Phi) is 3.60. The molecular weight excluding hydrogens is 262 g/mol. The van der Waals surface area contributed by atoms with Crippen LogP contribution in [0.5, 0.6) is 0 Å². The smallest absolute Gasteiger partial charge is 0.262 e. The molecule has 1 atom stereocenters. The number of nitrogens with one attached hydrogen (secondary N) is 1. The van der Waals surface area contributed by atoms with Gasteiger partial charge < -0.3 is 10.2 Å². The third-order valence-corrected chi connectivity index (χ3v) is 4.06. The van der Waals surface area contributed by atoms with Crippen LogP contribution in [-0.2, 0) is 6.42 Å². The Morgan fingerprint density at radius 3 is 2.95 bits per heavy atom. The van der Waals surface area contributed by atoms with Crippen molar-refractivity contribution in [1.82, 2.24) is 4.98 Å². The number of rotatable bonds is 2. The minimum Gasteiger partial charge on any atom is -0.387 e. The van der Waals surface area contributed by atoms with Crippen LogP contribution in [0.15, 0.2) is 42.7 Å². The highest BCUT2D eigenvalue weighted by atomic mass is 16.2. The molecule has 0 spiro atoms. The van der Waals surface area contributed by atoms with E-state index in [1.807, 2.05) is 36.2 Å². The Morgan fingerprint density at radius 1 is 1.33 bits per heavy atom. The third-order valence-electron chi connectivity index (χ3n) is 4.06. The number of aromatic nitrogens is 1. The minimum atomic E-state index is 0.00657. The molecule has 1 aromatic heterocycles. The zero-order chi connectivity index (χ0) is 14.8. The SMILES string of the molecule is CNc1ccncc1C(=O)N1c2ccccc2CCC1C. The minimum absolute atomic E-state index is 0.00657. The van der Waals surface area contributed by atoms with Crippen LogP contribution in [0.3, 0.4) is 0 Å². The quantitative estimate of drug-likeness (QED) is 0.920.